The first-order valence-corrected chi connectivity index (χ1v) is 7.16. The van der Waals surface area contributed by atoms with Crippen molar-refractivity contribution in [2.45, 2.75) is 0 Å². The fraction of sp³-hybridized carbons (Fsp3) is 0. The summed E-state index contributed by atoms with van der Waals surface area (Å²) in [5.41, 5.74) is 1.74. The topological polar surface area (TPSA) is 67.8 Å². The van der Waals surface area contributed by atoms with Gasteiger partial charge < -0.3 is 5.32 Å². The van der Waals surface area contributed by atoms with E-state index in [1.807, 2.05) is 12.1 Å². The first kappa shape index (κ1) is 13.9. The third-order valence-corrected chi connectivity index (χ3v) is 3.48. The van der Waals surface area contributed by atoms with E-state index in [0.717, 1.165) is 0 Å². The molecule has 3 aromatic rings. The molecule has 0 saturated heterocycles. The summed E-state index contributed by atoms with van der Waals surface area (Å²) in [5, 5.41) is 2.78. The summed E-state index contributed by atoms with van der Waals surface area (Å²) in [6.45, 7) is 0. The quantitative estimate of drug-likeness (QED) is 0.705. The average Bonchev–Trinajstić information content (AvgIpc) is 2.48. The van der Waals surface area contributed by atoms with Gasteiger partial charge in [0.1, 0.15) is 4.60 Å². The van der Waals surface area contributed by atoms with Gasteiger partial charge in [-0.15, -0.1) is 0 Å². The maximum absolute atomic E-state index is 12.1. The Bertz CT molecular complexity index is 823. The number of carbonyl (C=O) groups excluding carboxylic acids is 1. The van der Waals surface area contributed by atoms with Crippen molar-refractivity contribution in [2.24, 2.45) is 0 Å². The van der Waals surface area contributed by atoms with Crippen LogP contribution in [0, 0.1) is 0 Å². The van der Waals surface area contributed by atoms with E-state index in [1.54, 1.807) is 24.3 Å². The zero-order valence-electron chi connectivity index (χ0n) is 10.5. The van der Waals surface area contributed by atoms with Crippen molar-refractivity contribution >= 4 is 50.3 Å². The molecule has 21 heavy (non-hydrogen) atoms. The minimum Gasteiger partial charge on any atom is -0.304 e. The number of aromatic nitrogens is 3. The number of nitrogens with one attached hydrogen (secondary N) is 1. The predicted octanol–water partition coefficient (Wildman–Crippen LogP) is 3.69. The van der Waals surface area contributed by atoms with Crippen LogP contribution in [-0.2, 0) is 0 Å². The van der Waals surface area contributed by atoms with Crippen molar-refractivity contribution < 1.29 is 4.79 Å². The molecule has 3 rings (SSSR count). The number of para-hydroxylation sites is 2. The number of carbonyl (C=O) groups is 1. The Hall–Kier alpha value is -2.05. The Morgan fingerprint density at radius 2 is 1.81 bits per heavy atom. The van der Waals surface area contributed by atoms with Gasteiger partial charge in [-0.05, 0) is 40.2 Å². The van der Waals surface area contributed by atoms with Crippen molar-refractivity contribution in [1.29, 1.82) is 0 Å². The summed E-state index contributed by atoms with van der Waals surface area (Å²) in [4.78, 5) is 24.6. The molecule has 2 aromatic heterocycles. The zero-order chi connectivity index (χ0) is 14.8. The van der Waals surface area contributed by atoms with Gasteiger partial charge in [0.2, 0.25) is 0 Å². The van der Waals surface area contributed by atoms with Crippen LogP contribution in [0.3, 0.4) is 0 Å². The second-order valence-electron chi connectivity index (χ2n) is 4.18. The van der Waals surface area contributed by atoms with Gasteiger partial charge in [0.05, 0.1) is 16.6 Å². The Morgan fingerprint density at radius 1 is 1.10 bits per heavy atom. The summed E-state index contributed by atoms with van der Waals surface area (Å²) in [7, 11) is 0. The molecule has 0 aliphatic heterocycles. The lowest BCUT2D eigenvalue weighted by molar-refractivity contribution is 0.102. The highest BCUT2D eigenvalue weighted by Gasteiger charge is 2.12. The lowest BCUT2D eigenvalue weighted by Gasteiger charge is -2.07. The predicted molar refractivity (Wildman–Crippen MR) is 84.4 cm³/mol. The summed E-state index contributed by atoms with van der Waals surface area (Å²) in [6.07, 6.45) is 1.46. The van der Waals surface area contributed by atoms with E-state index in [1.165, 1.54) is 6.20 Å². The number of hydrogen-bond donors (Lipinski definition) is 1. The fourth-order valence-corrected chi connectivity index (χ4v) is 2.16. The van der Waals surface area contributed by atoms with Gasteiger partial charge in [-0.25, -0.2) is 15.0 Å². The largest absolute Gasteiger partial charge is 0.304 e. The van der Waals surface area contributed by atoms with Crippen LogP contribution < -0.4 is 5.32 Å². The van der Waals surface area contributed by atoms with Gasteiger partial charge >= 0.3 is 0 Å². The number of halogens is 2. The van der Waals surface area contributed by atoms with Gasteiger partial charge in [0.15, 0.2) is 11.0 Å². The minimum absolute atomic E-state index is 0.145. The van der Waals surface area contributed by atoms with Crippen LogP contribution in [0.25, 0.3) is 11.0 Å². The van der Waals surface area contributed by atoms with Crippen molar-refractivity contribution in [1.82, 2.24) is 15.0 Å². The third-order valence-electron chi connectivity index (χ3n) is 2.75. The van der Waals surface area contributed by atoms with E-state index >= 15 is 0 Å². The number of fused-ring (bicyclic) bond motifs is 1. The van der Waals surface area contributed by atoms with Crippen LogP contribution in [-0.4, -0.2) is 20.9 Å². The molecule has 1 aromatic carbocycles. The monoisotopic (exact) mass is 362 g/mol. The molecule has 0 fully saturated rings. The highest BCUT2D eigenvalue weighted by atomic mass is 79.9. The lowest BCUT2D eigenvalue weighted by Crippen LogP contribution is -2.14. The number of anilines is 1. The van der Waals surface area contributed by atoms with Gasteiger partial charge in [0, 0.05) is 6.20 Å². The number of hydrogen-bond acceptors (Lipinski definition) is 4. The summed E-state index contributed by atoms with van der Waals surface area (Å²) in [5.74, 6) is -0.121. The second-order valence-corrected chi connectivity index (χ2v) is 5.35. The standard InChI is InChI=1S/C14H8BrClN4O/c15-11-6-5-8(7-17-11)14(21)20-13-12(16)18-9-3-1-2-4-10(9)19-13/h1-7H,(H,19,20,21). The molecule has 7 heteroatoms. The molecular weight excluding hydrogens is 356 g/mol. The number of pyridine rings is 1. The van der Waals surface area contributed by atoms with Gasteiger partial charge in [-0.2, -0.15) is 0 Å². The Kier molecular flexibility index (Phi) is 3.81. The van der Waals surface area contributed by atoms with Crippen LogP contribution in [0.4, 0.5) is 5.82 Å². The molecule has 0 spiro atoms. The second kappa shape index (κ2) is 5.75. The molecule has 104 valence electrons. The highest BCUT2D eigenvalue weighted by Crippen LogP contribution is 2.21. The van der Waals surface area contributed by atoms with Crippen molar-refractivity contribution in [2.75, 3.05) is 5.32 Å². The van der Waals surface area contributed by atoms with E-state index in [9.17, 15) is 4.79 Å². The molecule has 0 radical (unpaired) electrons. The number of nitrogens with zero attached hydrogens (tertiary/aromatic N) is 3. The van der Waals surface area contributed by atoms with Crippen LogP contribution in [0.15, 0.2) is 47.2 Å². The molecule has 1 N–H and O–H groups in total. The first-order valence-electron chi connectivity index (χ1n) is 5.99. The third kappa shape index (κ3) is 3.01. The number of rotatable bonds is 2. The molecule has 0 bridgehead atoms. The van der Waals surface area contributed by atoms with Crippen LogP contribution in [0.5, 0.6) is 0 Å². The molecule has 0 saturated carbocycles. The smallest absolute Gasteiger partial charge is 0.258 e. The van der Waals surface area contributed by atoms with Crippen molar-refractivity contribution in [3.8, 4) is 0 Å². The van der Waals surface area contributed by atoms with Crippen LogP contribution in [0.2, 0.25) is 5.15 Å². The van der Waals surface area contributed by atoms with Gasteiger partial charge in [-0.3, -0.25) is 4.79 Å². The summed E-state index contributed by atoms with van der Waals surface area (Å²) in [6, 6.07) is 10.6. The molecule has 0 aliphatic rings. The zero-order valence-corrected chi connectivity index (χ0v) is 12.9. The average molecular weight is 364 g/mol. The van der Waals surface area contributed by atoms with Gasteiger partial charge in [-0.1, -0.05) is 23.7 Å². The highest BCUT2D eigenvalue weighted by molar-refractivity contribution is 9.10. The summed E-state index contributed by atoms with van der Waals surface area (Å²) >= 11 is 9.26. The van der Waals surface area contributed by atoms with Crippen LogP contribution in [0.1, 0.15) is 10.4 Å². The number of benzene rings is 1. The minimum atomic E-state index is -0.346. The van der Waals surface area contributed by atoms with Crippen LogP contribution >= 0.6 is 27.5 Å². The molecule has 1 amide bonds. The number of amides is 1. The maximum Gasteiger partial charge on any atom is 0.258 e. The first-order chi connectivity index (χ1) is 10.1. The fourth-order valence-electron chi connectivity index (χ4n) is 1.75. The summed E-state index contributed by atoms with van der Waals surface area (Å²) < 4.78 is 0.655. The molecule has 0 aliphatic carbocycles. The van der Waals surface area contributed by atoms with Crippen molar-refractivity contribution in [3.63, 3.8) is 0 Å². The van der Waals surface area contributed by atoms with E-state index in [-0.39, 0.29) is 16.9 Å². The Morgan fingerprint density at radius 3 is 2.48 bits per heavy atom. The lowest BCUT2D eigenvalue weighted by atomic mass is 10.2. The van der Waals surface area contributed by atoms with E-state index in [2.05, 4.69) is 36.2 Å². The molecule has 2 heterocycles. The van der Waals surface area contributed by atoms with Gasteiger partial charge in [0.25, 0.3) is 5.91 Å². The van der Waals surface area contributed by atoms with Crippen molar-refractivity contribution in [3.05, 3.63) is 57.9 Å². The molecule has 0 atom stereocenters. The van der Waals surface area contributed by atoms with E-state index in [0.29, 0.717) is 21.2 Å². The molecular formula is C14H8BrClN4O. The Balaban J connectivity index is 1.92. The van der Waals surface area contributed by atoms with E-state index in [4.69, 9.17) is 11.6 Å². The maximum atomic E-state index is 12.1. The normalized spacial score (nSPS) is 10.6. The van der Waals surface area contributed by atoms with E-state index < -0.39 is 0 Å². The molecule has 5 nitrogen and oxygen atoms in total. The SMILES string of the molecule is O=C(Nc1nc2ccccc2nc1Cl)c1ccc(Br)nc1. The molecule has 0 unspecified atom stereocenters. The Labute approximate surface area is 133 Å².